The Morgan fingerprint density at radius 3 is 2.32 bits per heavy atom. The van der Waals surface area contributed by atoms with E-state index in [-0.39, 0.29) is 11.9 Å². The first-order valence-corrected chi connectivity index (χ1v) is 12.5. The van der Waals surface area contributed by atoms with E-state index in [1.807, 2.05) is 61.2 Å². The number of carbonyl (C=O) groups excluding carboxylic acids is 1. The highest BCUT2D eigenvalue weighted by Gasteiger charge is 2.35. The Morgan fingerprint density at radius 1 is 0.865 bits per heavy atom. The van der Waals surface area contributed by atoms with Gasteiger partial charge in [0.25, 0.3) is 5.91 Å². The topological polar surface area (TPSA) is 68.4 Å². The molecule has 37 heavy (non-hydrogen) atoms. The van der Waals surface area contributed by atoms with Gasteiger partial charge < -0.3 is 9.80 Å². The zero-order valence-corrected chi connectivity index (χ0v) is 21.0. The fraction of sp³-hybridized carbons (Fsp3) is 0.233. The molecular weight excluding hydrogens is 460 g/mol. The Balaban J connectivity index is 1.30. The van der Waals surface area contributed by atoms with E-state index in [1.54, 1.807) is 11.1 Å². The minimum Gasteiger partial charge on any atom is -0.368 e. The molecule has 6 rings (SSSR count). The Morgan fingerprint density at radius 2 is 1.59 bits per heavy atom. The molecule has 2 aliphatic rings. The first kappa shape index (κ1) is 23.0. The van der Waals surface area contributed by atoms with E-state index in [2.05, 4.69) is 51.3 Å². The lowest BCUT2D eigenvalue weighted by atomic mass is 9.93. The lowest BCUT2D eigenvalue weighted by Crippen LogP contribution is -2.48. The van der Waals surface area contributed by atoms with Gasteiger partial charge in [-0.15, -0.1) is 0 Å². The van der Waals surface area contributed by atoms with Crippen LogP contribution >= 0.6 is 0 Å². The number of amides is 1. The van der Waals surface area contributed by atoms with Crippen LogP contribution in [0.25, 0.3) is 11.3 Å². The second kappa shape index (κ2) is 9.23. The molecule has 7 heteroatoms. The molecule has 1 saturated heterocycles. The number of nitriles is 1. The predicted octanol–water partition coefficient (Wildman–Crippen LogP) is 4.46. The number of aromatic nitrogens is 2. The largest absolute Gasteiger partial charge is 0.368 e. The van der Waals surface area contributed by atoms with Crippen molar-refractivity contribution in [2.45, 2.75) is 6.04 Å². The van der Waals surface area contributed by atoms with Crippen molar-refractivity contribution in [3.63, 3.8) is 0 Å². The third-order valence-corrected chi connectivity index (χ3v) is 7.64. The number of nitrogens with zero attached hydrogens (tertiary/aromatic N) is 6. The highest BCUT2D eigenvalue weighted by molar-refractivity contribution is 6.08. The number of fused-ring (bicyclic) bond motifs is 2. The molecule has 0 N–H and O–H groups in total. The Bertz CT molecular complexity index is 1530. The summed E-state index contributed by atoms with van der Waals surface area (Å²) in [7, 11) is 3.76. The van der Waals surface area contributed by atoms with Crippen LogP contribution in [0.2, 0.25) is 0 Å². The highest BCUT2D eigenvalue weighted by atomic mass is 16.2. The summed E-state index contributed by atoms with van der Waals surface area (Å²) >= 11 is 0. The summed E-state index contributed by atoms with van der Waals surface area (Å²) in [5, 5.41) is 14.2. The molecule has 0 saturated carbocycles. The minimum absolute atomic E-state index is 0.00824. The van der Waals surface area contributed by atoms with Crippen LogP contribution in [-0.2, 0) is 7.05 Å². The molecule has 0 bridgehead atoms. The standard InChI is InChI=1S/C30H28N6O/c1-33-28-10-6-5-9-25(28)29(23-7-3-4-8-24(23)30(33)37)36-17-15-35(16-18-36)27-12-11-21(19-22(27)20-31)26-13-14-32-34(26)2/h3-14,19,29H,15-18H2,1-2H3. The third-order valence-electron chi connectivity index (χ3n) is 7.64. The van der Waals surface area contributed by atoms with Crippen LogP contribution in [0.15, 0.2) is 79.0 Å². The molecule has 1 atom stereocenters. The fourth-order valence-electron chi connectivity index (χ4n) is 5.74. The van der Waals surface area contributed by atoms with Gasteiger partial charge in [-0.05, 0) is 41.5 Å². The number of piperazine rings is 1. The number of benzene rings is 3. The zero-order valence-electron chi connectivity index (χ0n) is 21.0. The Kier molecular flexibility index (Phi) is 5.74. The molecule has 4 aromatic rings. The van der Waals surface area contributed by atoms with Gasteiger partial charge in [-0.3, -0.25) is 14.4 Å². The lowest BCUT2D eigenvalue weighted by molar-refractivity contribution is 0.0992. The van der Waals surface area contributed by atoms with Crippen molar-refractivity contribution < 1.29 is 4.79 Å². The second-order valence-electron chi connectivity index (χ2n) is 9.62. The van der Waals surface area contributed by atoms with Crippen molar-refractivity contribution in [3.05, 3.63) is 101 Å². The Hall–Kier alpha value is -4.41. The van der Waals surface area contributed by atoms with Crippen molar-refractivity contribution in [1.29, 1.82) is 5.26 Å². The monoisotopic (exact) mass is 488 g/mol. The van der Waals surface area contributed by atoms with E-state index in [0.29, 0.717) is 5.56 Å². The van der Waals surface area contributed by atoms with E-state index < -0.39 is 0 Å². The van der Waals surface area contributed by atoms with Gasteiger partial charge in [-0.2, -0.15) is 10.4 Å². The summed E-state index contributed by atoms with van der Waals surface area (Å²) in [6, 6.07) is 26.6. The maximum absolute atomic E-state index is 13.3. The number of hydrogen-bond acceptors (Lipinski definition) is 5. The van der Waals surface area contributed by atoms with Crippen LogP contribution in [0.1, 0.15) is 33.1 Å². The number of anilines is 2. The third kappa shape index (κ3) is 3.87. The number of para-hydroxylation sites is 1. The van der Waals surface area contributed by atoms with E-state index in [4.69, 9.17) is 0 Å². The normalized spacial score (nSPS) is 17.6. The van der Waals surface area contributed by atoms with E-state index in [1.165, 1.54) is 0 Å². The minimum atomic E-state index is -0.00824. The van der Waals surface area contributed by atoms with Gasteiger partial charge in [0.2, 0.25) is 0 Å². The molecule has 0 aliphatic carbocycles. The molecule has 1 unspecified atom stereocenters. The van der Waals surface area contributed by atoms with E-state index in [0.717, 1.165) is 65.5 Å². The molecule has 1 fully saturated rings. The second-order valence-corrected chi connectivity index (χ2v) is 9.62. The first-order chi connectivity index (χ1) is 18.1. The molecule has 2 aliphatic heterocycles. The summed E-state index contributed by atoms with van der Waals surface area (Å²) in [5.41, 5.74) is 7.51. The summed E-state index contributed by atoms with van der Waals surface area (Å²) < 4.78 is 1.82. The maximum Gasteiger partial charge on any atom is 0.258 e. The Labute approximate surface area is 216 Å². The van der Waals surface area contributed by atoms with Crippen LogP contribution in [0.3, 0.4) is 0 Å². The van der Waals surface area contributed by atoms with Crippen LogP contribution < -0.4 is 9.80 Å². The van der Waals surface area contributed by atoms with Crippen molar-refractivity contribution in [2.24, 2.45) is 7.05 Å². The van der Waals surface area contributed by atoms with Gasteiger partial charge in [-0.25, -0.2) is 0 Å². The summed E-state index contributed by atoms with van der Waals surface area (Å²) in [6.45, 7) is 3.23. The van der Waals surface area contributed by atoms with Crippen molar-refractivity contribution in [2.75, 3.05) is 43.0 Å². The van der Waals surface area contributed by atoms with Gasteiger partial charge >= 0.3 is 0 Å². The van der Waals surface area contributed by atoms with Gasteiger partial charge in [-0.1, -0.05) is 42.5 Å². The SMILES string of the molecule is CN1C(=O)c2ccccc2C(N2CCN(c3ccc(-c4ccnn4C)cc3C#N)CC2)c2ccccc21. The quantitative estimate of drug-likeness (QED) is 0.426. The van der Waals surface area contributed by atoms with Gasteiger partial charge in [0.15, 0.2) is 0 Å². The molecule has 1 amide bonds. The molecular formula is C30H28N6O. The lowest BCUT2D eigenvalue weighted by Gasteiger charge is -2.41. The van der Waals surface area contributed by atoms with Crippen LogP contribution in [0.4, 0.5) is 11.4 Å². The summed E-state index contributed by atoms with van der Waals surface area (Å²) in [5.74, 6) is 0.0244. The molecule has 0 radical (unpaired) electrons. The maximum atomic E-state index is 13.3. The van der Waals surface area contributed by atoms with Gasteiger partial charge in [0, 0.05) is 63.3 Å². The average Bonchev–Trinajstić information content (AvgIpc) is 3.35. The molecule has 1 aromatic heterocycles. The number of aryl methyl sites for hydroxylation is 1. The molecule has 3 aromatic carbocycles. The molecule has 184 valence electrons. The van der Waals surface area contributed by atoms with Crippen molar-refractivity contribution >= 4 is 17.3 Å². The predicted molar refractivity (Wildman–Crippen MR) is 145 cm³/mol. The van der Waals surface area contributed by atoms with Crippen LogP contribution in [0.5, 0.6) is 0 Å². The van der Waals surface area contributed by atoms with E-state index >= 15 is 0 Å². The number of rotatable bonds is 3. The van der Waals surface area contributed by atoms with Crippen LogP contribution in [-0.4, -0.2) is 53.8 Å². The first-order valence-electron chi connectivity index (χ1n) is 12.5. The summed E-state index contributed by atoms with van der Waals surface area (Å²) in [4.78, 5) is 19.9. The highest BCUT2D eigenvalue weighted by Crippen LogP contribution is 2.40. The molecule has 3 heterocycles. The molecule has 7 nitrogen and oxygen atoms in total. The van der Waals surface area contributed by atoms with Gasteiger partial charge in [0.1, 0.15) is 6.07 Å². The smallest absolute Gasteiger partial charge is 0.258 e. The van der Waals surface area contributed by atoms with Crippen molar-refractivity contribution in [1.82, 2.24) is 14.7 Å². The van der Waals surface area contributed by atoms with Gasteiger partial charge in [0.05, 0.1) is 23.0 Å². The van der Waals surface area contributed by atoms with Crippen LogP contribution in [0, 0.1) is 11.3 Å². The molecule has 0 spiro atoms. The van der Waals surface area contributed by atoms with Crippen molar-refractivity contribution in [3.8, 4) is 17.3 Å². The number of hydrogen-bond donors (Lipinski definition) is 0. The summed E-state index contributed by atoms with van der Waals surface area (Å²) in [6.07, 6.45) is 1.77. The fourth-order valence-corrected chi connectivity index (χ4v) is 5.74. The zero-order chi connectivity index (χ0) is 25.5. The number of carbonyl (C=O) groups is 1. The average molecular weight is 489 g/mol. The van der Waals surface area contributed by atoms with E-state index in [9.17, 15) is 10.1 Å².